The largest absolute Gasteiger partial charge is 0.249 e. The highest BCUT2D eigenvalue weighted by Crippen LogP contribution is 2.32. The van der Waals surface area contributed by atoms with Crippen molar-refractivity contribution in [2.75, 3.05) is 0 Å². The SMILES string of the molecule is Cc1ccc(-c2ccc(-c3ccc(CC(C)(F)F)c(F)c3F)c(F)c2)cc1. The van der Waals surface area contributed by atoms with Crippen molar-refractivity contribution in [1.29, 1.82) is 0 Å². The van der Waals surface area contributed by atoms with Gasteiger partial charge >= 0.3 is 0 Å². The molecule has 0 bridgehead atoms. The zero-order valence-electron chi connectivity index (χ0n) is 14.8. The Hall–Kier alpha value is -2.69. The molecule has 140 valence electrons. The van der Waals surface area contributed by atoms with Gasteiger partial charge in [-0.1, -0.05) is 54.1 Å². The molecule has 0 radical (unpaired) electrons. The number of halogens is 5. The van der Waals surface area contributed by atoms with Crippen LogP contribution in [0.1, 0.15) is 18.1 Å². The maximum atomic E-state index is 14.6. The maximum absolute atomic E-state index is 14.6. The summed E-state index contributed by atoms with van der Waals surface area (Å²) in [7, 11) is 0. The van der Waals surface area contributed by atoms with Crippen molar-refractivity contribution in [3.05, 3.63) is 83.2 Å². The molecule has 0 saturated heterocycles. The van der Waals surface area contributed by atoms with Crippen LogP contribution in [0.25, 0.3) is 22.3 Å². The molecule has 0 unspecified atom stereocenters. The zero-order chi connectivity index (χ0) is 19.8. The van der Waals surface area contributed by atoms with Gasteiger partial charge in [-0.2, -0.15) is 0 Å². The van der Waals surface area contributed by atoms with E-state index in [1.165, 1.54) is 12.1 Å². The molecule has 0 spiro atoms. The summed E-state index contributed by atoms with van der Waals surface area (Å²) >= 11 is 0. The molecule has 0 aliphatic heterocycles. The third kappa shape index (κ3) is 4.18. The summed E-state index contributed by atoms with van der Waals surface area (Å²) in [4.78, 5) is 0. The molecular weight excluding hydrogens is 359 g/mol. The van der Waals surface area contributed by atoms with E-state index in [0.717, 1.165) is 23.3 Å². The lowest BCUT2D eigenvalue weighted by atomic mass is 9.97. The molecule has 27 heavy (non-hydrogen) atoms. The number of benzene rings is 3. The molecule has 0 amide bonds. The van der Waals surface area contributed by atoms with Gasteiger partial charge in [0, 0.05) is 17.5 Å². The van der Waals surface area contributed by atoms with Crippen molar-refractivity contribution in [2.45, 2.75) is 26.2 Å². The Morgan fingerprint density at radius 2 is 1.33 bits per heavy atom. The van der Waals surface area contributed by atoms with Gasteiger partial charge in [0.15, 0.2) is 11.6 Å². The van der Waals surface area contributed by atoms with Crippen LogP contribution >= 0.6 is 0 Å². The fraction of sp³-hybridized carbons (Fsp3) is 0.182. The first-order chi connectivity index (χ1) is 12.7. The van der Waals surface area contributed by atoms with Gasteiger partial charge in [0.05, 0.1) is 0 Å². The van der Waals surface area contributed by atoms with Crippen LogP contribution in [0.3, 0.4) is 0 Å². The molecule has 0 N–H and O–H groups in total. The molecule has 3 aromatic carbocycles. The fourth-order valence-electron chi connectivity index (χ4n) is 2.93. The predicted molar refractivity (Wildman–Crippen MR) is 96.3 cm³/mol. The van der Waals surface area contributed by atoms with Crippen molar-refractivity contribution in [3.63, 3.8) is 0 Å². The standard InChI is InChI=1S/C22H17F5/c1-13-3-5-14(6-4-13)15-7-9-17(19(23)11-15)18-10-8-16(12-22(2,26)27)20(24)21(18)25/h3-11H,12H2,1-2H3. The summed E-state index contributed by atoms with van der Waals surface area (Å²) in [5.74, 6) is -6.61. The Labute approximate surface area is 154 Å². The van der Waals surface area contributed by atoms with E-state index in [4.69, 9.17) is 0 Å². The van der Waals surface area contributed by atoms with E-state index >= 15 is 0 Å². The van der Waals surface area contributed by atoms with Crippen LogP contribution in [0.15, 0.2) is 54.6 Å². The molecule has 0 saturated carbocycles. The van der Waals surface area contributed by atoms with Gasteiger partial charge in [-0.3, -0.25) is 0 Å². The van der Waals surface area contributed by atoms with Crippen LogP contribution in [-0.4, -0.2) is 5.92 Å². The van der Waals surface area contributed by atoms with E-state index in [1.54, 1.807) is 6.07 Å². The van der Waals surface area contributed by atoms with Crippen molar-refractivity contribution in [2.24, 2.45) is 0 Å². The highest BCUT2D eigenvalue weighted by molar-refractivity contribution is 5.71. The molecular formula is C22H17F5. The smallest absolute Gasteiger partial charge is 0.207 e. The summed E-state index contributed by atoms with van der Waals surface area (Å²) in [5.41, 5.74) is 1.57. The van der Waals surface area contributed by atoms with Gasteiger partial charge in [-0.25, -0.2) is 22.0 Å². The predicted octanol–water partition coefficient (Wildman–Crippen LogP) is 6.94. The highest BCUT2D eigenvalue weighted by Gasteiger charge is 2.26. The van der Waals surface area contributed by atoms with Crippen molar-refractivity contribution >= 4 is 0 Å². The summed E-state index contributed by atoms with van der Waals surface area (Å²) in [5, 5.41) is 0. The molecule has 0 aliphatic carbocycles. The van der Waals surface area contributed by atoms with Gasteiger partial charge in [0.1, 0.15) is 5.82 Å². The monoisotopic (exact) mass is 376 g/mol. The highest BCUT2D eigenvalue weighted by atomic mass is 19.3. The van der Waals surface area contributed by atoms with Crippen LogP contribution in [0, 0.1) is 24.4 Å². The lowest BCUT2D eigenvalue weighted by Gasteiger charge is -2.13. The molecule has 0 aromatic heterocycles. The van der Waals surface area contributed by atoms with Crippen LogP contribution in [0.5, 0.6) is 0 Å². The third-order valence-electron chi connectivity index (χ3n) is 4.31. The number of rotatable bonds is 4. The fourth-order valence-corrected chi connectivity index (χ4v) is 2.93. The van der Waals surface area contributed by atoms with Crippen LogP contribution in [0.4, 0.5) is 22.0 Å². The Bertz CT molecular complexity index is 969. The summed E-state index contributed by atoms with van der Waals surface area (Å²) in [6.45, 7) is 2.56. The van der Waals surface area contributed by atoms with E-state index in [1.807, 2.05) is 31.2 Å². The van der Waals surface area contributed by atoms with E-state index in [-0.39, 0.29) is 11.1 Å². The lowest BCUT2D eigenvalue weighted by molar-refractivity contribution is 0.0216. The van der Waals surface area contributed by atoms with E-state index in [2.05, 4.69) is 0 Å². The molecule has 3 aromatic rings. The number of hydrogen-bond donors (Lipinski definition) is 0. The lowest BCUT2D eigenvalue weighted by Crippen LogP contribution is -2.15. The maximum Gasteiger partial charge on any atom is 0.249 e. The van der Waals surface area contributed by atoms with Crippen LogP contribution in [-0.2, 0) is 6.42 Å². The Morgan fingerprint density at radius 1 is 0.741 bits per heavy atom. The molecule has 0 nitrogen and oxygen atoms in total. The Kier molecular flexibility index (Phi) is 5.05. The molecule has 0 aliphatic rings. The number of aryl methyl sites for hydroxylation is 1. The zero-order valence-corrected chi connectivity index (χ0v) is 14.8. The topological polar surface area (TPSA) is 0 Å². The van der Waals surface area contributed by atoms with E-state index in [9.17, 15) is 22.0 Å². The van der Waals surface area contributed by atoms with E-state index in [0.29, 0.717) is 12.5 Å². The van der Waals surface area contributed by atoms with Gasteiger partial charge < -0.3 is 0 Å². The molecule has 0 fully saturated rings. The quantitative estimate of drug-likeness (QED) is 0.433. The van der Waals surface area contributed by atoms with Crippen LogP contribution < -0.4 is 0 Å². The summed E-state index contributed by atoms with van der Waals surface area (Å²) in [6.07, 6.45) is -0.926. The molecule has 0 heterocycles. The number of hydrogen-bond acceptors (Lipinski definition) is 0. The minimum Gasteiger partial charge on any atom is -0.207 e. The summed E-state index contributed by atoms with van der Waals surface area (Å²) in [6, 6.07) is 13.8. The van der Waals surface area contributed by atoms with E-state index < -0.39 is 35.4 Å². The first-order valence-electron chi connectivity index (χ1n) is 8.37. The van der Waals surface area contributed by atoms with Crippen molar-refractivity contribution in [3.8, 4) is 22.3 Å². The minimum absolute atomic E-state index is 0.128. The average molecular weight is 376 g/mol. The first-order valence-corrected chi connectivity index (χ1v) is 8.37. The Balaban J connectivity index is 1.99. The Morgan fingerprint density at radius 3 is 1.93 bits per heavy atom. The van der Waals surface area contributed by atoms with Gasteiger partial charge in [-0.05, 0) is 36.6 Å². The first kappa shape index (κ1) is 19.1. The molecule has 5 heteroatoms. The third-order valence-corrected chi connectivity index (χ3v) is 4.31. The van der Waals surface area contributed by atoms with Gasteiger partial charge in [0.2, 0.25) is 5.92 Å². The average Bonchev–Trinajstić information content (AvgIpc) is 2.59. The second-order valence-electron chi connectivity index (χ2n) is 6.71. The second-order valence-corrected chi connectivity index (χ2v) is 6.71. The van der Waals surface area contributed by atoms with Crippen molar-refractivity contribution < 1.29 is 22.0 Å². The second kappa shape index (κ2) is 7.14. The minimum atomic E-state index is -3.17. The van der Waals surface area contributed by atoms with Crippen molar-refractivity contribution in [1.82, 2.24) is 0 Å². The summed E-state index contributed by atoms with van der Waals surface area (Å²) < 4.78 is 69.3. The normalized spacial score (nSPS) is 11.7. The van der Waals surface area contributed by atoms with Gasteiger partial charge in [0.25, 0.3) is 0 Å². The van der Waals surface area contributed by atoms with Gasteiger partial charge in [-0.15, -0.1) is 0 Å². The molecule has 3 rings (SSSR count). The van der Waals surface area contributed by atoms with Crippen LogP contribution in [0.2, 0.25) is 0 Å². The number of alkyl halides is 2. The molecule has 0 atom stereocenters.